The number of ether oxygens (including phenoxy) is 1. The number of rotatable bonds is 9. The summed E-state index contributed by atoms with van der Waals surface area (Å²) in [5.41, 5.74) is 10.1. The first-order valence-corrected chi connectivity index (χ1v) is 6.14. The average Bonchev–Trinajstić information content (AvgIpc) is 2.16. The highest BCUT2D eigenvalue weighted by molar-refractivity contribution is 5.83. The summed E-state index contributed by atoms with van der Waals surface area (Å²) >= 11 is 0. The quantitative estimate of drug-likeness (QED) is 0.613. The summed E-state index contributed by atoms with van der Waals surface area (Å²) in [5.74, 6) is -0.441. The van der Waals surface area contributed by atoms with E-state index in [-0.39, 0.29) is 6.10 Å². The predicted molar refractivity (Wildman–Crippen MR) is 69.6 cm³/mol. The summed E-state index contributed by atoms with van der Waals surface area (Å²) in [7, 11) is 2.03. The fourth-order valence-electron chi connectivity index (χ4n) is 1.40. The van der Waals surface area contributed by atoms with Crippen molar-refractivity contribution in [3.63, 3.8) is 0 Å². The maximum atomic E-state index is 11.0. The topological polar surface area (TPSA) is 81.6 Å². The molecule has 1 unspecified atom stereocenters. The summed E-state index contributed by atoms with van der Waals surface area (Å²) in [6.45, 7) is 8.22. The molecule has 5 heteroatoms. The van der Waals surface area contributed by atoms with Gasteiger partial charge in [-0.1, -0.05) is 0 Å². The van der Waals surface area contributed by atoms with E-state index in [2.05, 4.69) is 4.90 Å². The van der Waals surface area contributed by atoms with Gasteiger partial charge in [0.2, 0.25) is 5.91 Å². The molecule has 4 N–H and O–H groups in total. The minimum Gasteiger partial charge on any atom is -0.377 e. The summed E-state index contributed by atoms with van der Waals surface area (Å²) in [5, 5.41) is 0. The lowest BCUT2D eigenvalue weighted by atomic mass is 9.96. The van der Waals surface area contributed by atoms with Gasteiger partial charge in [0.1, 0.15) is 0 Å². The zero-order valence-corrected chi connectivity index (χ0v) is 11.5. The Bertz CT molecular complexity index is 230. The molecule has 5 nitrogen and oxygen atoms in total. The van der Waals surface area contributed by atoms with E-state index in [0.717, 1.165) is 26.1 Å². The van der Waals surface area contributed by atoms with Crippen LogP contribution in [0.1, 0.15) is 33.6 Å². The van der Waals surface area contributed by atoms with E-state index in [4.69, 9.17) is 16.2 Å². The number of likely N-dealkylation sites (N-methyl/N-ethyl adjacent to an activating group) is 1. The number of primary amides is 1. The lowest BCUT2D eigenvalue weighted by Gasteiger charge is -2.22. The third-order valence-corrected chi connectivity index (χ3v) is 2.72. The van der Waals surface area contributed by atoms with Crippen LogP contribution in [0.25, 0.3) is 0 Å². The van der Waals surface area contributed by atoms with Crippen LogP contribution in [-0.4, -0.2) is 49.2 Å². The van der Waals surface area contributed by atoms with Crippen LogP contribution in [0, 0.1) is 0 Å². The lowest BCUT2D eigenvalue weighted by Crippen LogP contribution is -2.49. The molecule has 0 aliphatic heterocycles. The number of amides is 1. The molecule has 0 bridgehead atoms. The second-order valence-corrected chi connectivity index (χ2v) is 5.11. The molecule has 0 aliphatic carbocycles. The summed E-state index contributed by atoms with van der Waals surface area (Å²) in [6, 6.07) is 0. The Morgan fingerprint density at radius 2 is 2.00 bits per heavy atom. The molecule has 0 aliphatic rings. The number of hydrogen-bond donors (Lipinski definition) is 2. The van der Waals surface area contributed by atoms with Crippen molar-refractivity contribution < 1.29 is 9.53 Å². The van der Waals surface area contributed by atoms with Crippen LogP contribution >= 0.6 is 0 Å². The first kappa shape index (κ1) is 16.4. The van der Waals surface area contributed by atoms with Crippen LogP contribution < -0.4 is 11.5 Å². The molecule has 0 fully saturated rings. The van der Waals surface area contributed by atoms with Gasteiger partial charge in [-0.3, -0.25) is 4.79 Å². The Labute approximate surface area is 104 Å². The fraction of sp³-hybridized carbons (Fsp3) is 0.917. The second kappa shape index (κ2) is 7.63. The molecule has 0 heterocycles. The molecule has 0 aromatic carbocycles. The van der Waals surface area contributed by atoms with Gasteiger partial charge in [-0.15, -0.1) is 0 Å². The zero-order chi connectivity index (χ0) is 13.5. The van der Waals surface area contributed by atoms with E-state index in [1.165, 1.54) is 0 Å². The monoisotopic (exact) mass is 245 g/mol. The van der Waals surface area contributed by atoms with Gasteiger partial charge in [0.15, 0.2) is 0 Å². The highest BCUT2D eigenvalue weighted by Crippen LogP contribution is 2.08. The third-order valence-electron chi connectivity index (χ3n) is 2.72. The molecule has 0 rings (SSSR count). The maximum Gasteiger partial charge on any atom is 0.237 e. The number of carbonyl (C=O) groups is 1. The van der Waals surface area contributed by atoms with Gasteiger partial charge in [-0.05, 0) is 47.2 Å². The molecule has 102 valence electrons. The lowest BCUT2D eigenvalue weighted by molar-refractivity contribution is -0.122. The normalized spacial score (nSPS) is 15.2. The van der Waals surface area contributed by atoms with E-state index in [9.17, 15) is 4.79 Å². The zero-order valence-electron chi connectivity index (χ0n) is 11.5. The van der Waals surface area contributed by atoms with Crippen molar-refractivity contribution in [2.75, 3.05) is 26.7 Å². The highest BCUT2D eigenvalue weighted by Gasteiger charge is 2.24. The Morgan fingerprint density at radius 1 is 1.41 bits per heavy atom. The molecule has 0 aromatic rings. The van der Waals surface area contributed by atoms with Gasteiger partial charge in [0.25, 0.3) is 0 Å². The second-order valence-electron chi connectivity index (χ2n) is 5.11. The minimum absolute atomic E-state index is 0.269. The van der Waals surface area contributed by atoms with Gasteiger partial charge in [0.05, 0.1) is 18.2 Å². The van der Waals surface area contributed by atoms with Gasteiger partial charge in [-0.2, -0.15) is 0 Å². The largest absolute Gasteiger partial charge is 0.377 e. The third kappa shape index (κ3) is 8.12. The van der Waals surface area contributed by atoms with Crippen LogP contribution in [-0.2, 0) is 9.53 Å². The van der Waals surface area contributed by atoms with Gasteiger partial charge < -0.3 is 21.1 Å². The molecule has 0 aromatic heterocycles. The number of nitrogens with zero attached hydrogens (tertiary/aromatic N) is 1. The van der Waals surface area contributed by atoms with Crippen molar-refractivity contribution in [1.29, 1.82) is 0 Å². The Kier molecular flexibility index (Phi) is 7.34. The molecular formula is C12H27N3O2. The van der Waals surface area contributed by atoms with Crippen molar-refractivity contribution in [3.05, 3.63) is 0 Å². The van der Waals surface area contributed by atoms with Crippen LogP contribution in [0.3, 0.4) is 0 Å². The highest BCUT2D eigenvalue weighted by atomic mass is 16.5. The standard InChI is InChI=1S/C12H27N3O2/c1-10(2)17-9-8-15(4)7-5-6-12(3,14)11(13)16/h10H,5-9,14H2,1-4H3,(H2,13,16). The van der Waals surface area contributed by atoms with Crippen LogP contribution in [0.15, 0.2) is 0 Å². The van der Waals surface area contributed by atoms with Crippen molar-refractivity contribution >= 4 is 5.91 Å². The fourth-order valence-corrected chi connectivity index (χ4v) is 1.40. The molecule has 0 radical (unpaired) electrons. The van der Waals surface area contributed by atoms with E-state index in [0.29, 0.717) is 6.42 Å². The van der Waals surface area contributed by atoms with Crippen LogP contribution in [0.4, 0.5) is 0 Å². The number of hydrogen-bond acceptors (Lipinski definition) is 4. The Morgan fingerprint density at radius 3 is 2.47 bits per heavy atom. The smallest absolute Gasteiger partial charge is 0.237 e. The molecular weight excluding hydrogens is 218 g/mol. The summed E-state index contributed by atoms with van der Waals surface area (Å²) in [4.78, 5) is 13.2. The van der Waals surface area contributed by atoms with Crippen molar-refractivity contribution in [1.82, 2.24) is 4.90 Å². The van der Waals surface area contributed by atoms with E-state index >= 15 is 0 Å². The average molecular weight is 245 g/mol. The van der Waals surface area contributed by atoms with E-state index in [1.807, 2.05) is 20.9 Å². The molecule has 17 heavy (non-hydrogen) atoms. The number of carbonyl (C=O) groups excluding carboxylic acids is 1. The van der Waals surface area contributed by atoms with Crippen LogP contribution in [0.2, 0.25) is 0 Å². The van der Waals surface area contributed by atoms with Crippen LogP contribution in [0.5, 0.6) is 0 Å². The van der Waals surface area contributed by atoms with Crippen molar-refractivity contribution in [2.24, 2.45) is 11.5 Å². The van der Waals surface area contributed by atoms with Gasteiger partial charge in [-0.25, -0.2) is 0 Å². The predicted octanol–water partition coefficient (Wildman–Crippen LogP) is 0.326. The maximum absolute atomic E-state index is 11.0. The van der Waals surface area contributed by atoms with Gasteiger partial charge in [0, 0.05) is 6.54 Å². The SMILES string of the molecule is CC(C)OCCN(C)CCCC(C)(N)C(N)=O. The molecule has 1 atom stereocenters. The van der Waals surface area contributed by atoms with Crippen molar-refractivity contribution in [3.8, 4) is 0 Å². The Hall–Kier alpha value is -0.650. The summed E-state index contributed by atoms with van der Waals surface area (Å²) < 4.78 is 5.46. The van der Waals surface area contributed by atoms with E-state index < -0.39 is 11.4 Å². The molecule has 1 amide bonds. The first-order chi connectivity index (χ1) is 7.75. The van der Waals surface area contributed by atoms with Crippen molar-refractivity contribution in [2.45, 2.75) is 45.3 Å². The molecule has 0 saturated heterocycles. The first-order valence-electron chi connectivity index (χ1n) is 6.14. The minimum atomic E-state index is -0.894. The molecule has 0 saturated carbocycles. The van der Waals surface area contributed by atoms with Gasteiger partial charge >= 0.3 is 0 Å². The molecule has 0 spiro atoms. The summed E-state index contributed by atoms with van der Waals surface area (Å²) in [6.07, 6.45) is 1.73. The Balaban J connectivity index is 3.64. The van der Waals surface area contributed by atoms with E-state index in [1.54, 1.807) is 6.92 Å². The number of nitrogens with two attached hydrogens (primary N) is 2.